The second-order valence-corrected chi connectivity index (χ2v) is 8.30. The van der Waals surface area contributed by atoms with Gasteiger partial charge in [-0.05, 0) is 62.6 Å². The number of hydrogen-bond acceptors (Lipinski definition) is 8. The molecular formula is C28H28N6O3. The van der Waals surface area contributed by atoms with Gasteiger partial charge in [-0.15, -0.1) is 0 Å². The second-order valence-electron chi connectivity index (χ2n) is 8.30. The minimum Gasteiger partial charge on any atom is -0.457 e. The molecule has 1 N–H and O–H groups in total. The predicted molar refractivity (Wildman–Crippen MR) is 144 cm³/mol. The van der Waals surface area contributed by atoms with Crippen molar-refractivity contribution in [1.29, 1.82) is 0 Å². The van der Waals surface area contributed by atoms with Crippen LogP contribution in [0.3, 0.4) is 0 Å². The zero-order chi connectivity index (χ0) is 26.0. The normalized spacial score (nSPS) is 10.9. The highest BCUT2D eigenvalue weighted by atomic mass is 16.5. The second kappa shape index (κ2) is 12.3. The Bertz CT molecular complexity index is 1340. The predicted octanol–water partition coefficient (Wildman–Crippen LogP) is 5.28. The smallest absolute Gasteiger partial charge is 0.251 e. The molecule has 0 radical (unpaired) electrons. The first-order valence-electron chi connectivity index (χ1n) is 11.6. The molecule has 2 aromatic heterocycles. The number of rotatable bonds is 10. The maximum absolute atomic E-state index is 12.4. The van der Waals surface area contributed by atoms with E-state index in [1.807, 2.05) is 73.6 Å². The molecule has 9 nitrogen and oxygen atoms in total. The molecule has 0 aliphatic carbocycles. The Balaban J connectivity index is 1.38. The van der Waals surface area contributed by atoms with Crippen molar-refractivity contribution < 1.29 is 14.3 Å². The summed E-state index contributed by atoms with van der Waals surface area (Å²) in [6.45, 7) is 0.679. The lowest BCUT2D eigenvalue weighted by molar-refractivity contribution is -0.113. The highest BCUT2D eigenvalue weighted by Gasteiger charge is 2.10. The summed E-state index contributed by atoms with van der Waals surface area (Å²) < 4.78 is 11.7. The molecule has 2 aromatic carbocycles. The van der Waals surface area contributed by atoms with Crippen LogP contribution in [-0.2, 0) is 4.79 Å². The fourth-order valence-corrected chi connectivity index (χ4v) is 3.18. The Morgan fingerprint density at radius 1 is 0.838 bits per heavy atom. The van der Waals surface area contributed by atoms with Crippen LogP contribution in [0.2, 0.25) is 0 Å². The quantitative estimate of drug-likeness (QED) is 0.297. The highest BCUT2D eigenvalue weighted by Crippen LogP contribution is 2.27. The van der Waals surface area contributed by atoms with Crippen molar-refractivity contribution in [1.82, 2.24) is 19.9 Å². The third kappa shape index (κ3) is 7.61. The van der Waals surface area contributed by atoms with Gasteiger partial charge in [0.1, 0.15) is 41.0 Å². The van der Waals surface area contributed by atoms with Gasteiger partial charge in [0, 0.05) is 25.7 Å². The summed E-state index contributed by atoms with van der Waals surface area (Å²) in [6.07, 6.45) is 4.75. The zero-order valence-electron chi connectivity index (χ0n) is 20.9. The first-order chi connectivity index (χ1) is 18.0. The van der Waals surface area contributed by atoms with E-state index >= 15 is 0 Å². The van der Waals surface area contributed by atoms with Gasteiger partial charge < -0.3 is 19.7 Å². The fraction of sp³-hybridized carbons (Fsp3) is 0.143. The van der Waals surface area contributed by atoms with Crippen molar-refractivity contribution in [2.45, 2.75) is 0 Å². The van der Waals surface area contributed by atoms with Crippen molar-refractivity contribution in [2.24, 2.45) is 0 Å². The van der Waals surface area contributed by atoms with E-state index in [1.54, 1.807) is 37.4 Å². The fourth-order valence-electron chi connectivity index (χ4n) is 3.18. The number of nitrogens with one attached hydrogen (secondary N) is 1. The molecule has 1 amide bonds. The average Bonchev–Trinajstić information content (AvgIpc) is 2.90. The van der Waals surface area contributed by atoms with E-state index in [-0.39, 0.29) is 5.91 Å². The van der Waals surface area contributed by atoms with Crippen LogP contribution in [0.1, 0.15) is 0 Å². The Labute approximate surface area is 216 Å². The third-order valence-corrected chi connectivity index (χ3v) is 5.06. The van der Waals surface area contributed by atoms with Gasteiger partial charge in [0.15, 0.2) is 0 Å². The number of likely N-dealkylation sites (N-methyl/N-ethyl adjacent to an activating group) is 2. The third-order valence-electron chi connectivity index (χ3n) is 5.06. The number of pyridine rings is 1. The summed E-state index contributed by atoms with van der Waals surface area (Å²) in [5.74, 6) is 3.80. The first-order valence-corrected chi connectivity index (χ1v) is 11.6. The van der Waals surface area contributed by atoms with E-state index in [0.29, 0.717) is 41.4 Å². The average molecular weight is 497 g/mol. The number of anilines is 3. The lowest BCUT2D eigenvalue weighted by Crippen LogP contribution is -2.25. The lowest BCUT2D eigenvalue weighted by Gasteiger charge is -2.15. The number of nitrogens with zero attached hydrogens (tertiary/aromatic N) is 5. The van der Waals surface area contributed by atoms with Crippen LogP contribution in [0.25, 0.3) is 0 Å². The number of ether oxygens (including phenoxy) is 2. The van der Waals surface area contributed by atoms with E-state index < -0.39 is 0 Å². The van der Waals surface area contributed by atoms with E-state index in [0.717, 1.165) is 5.75 Å². The standard InChI is InChI=1S/C28H28N6O3/c1-33(2)18-8-13-28(35)34(3)26-12-7-11-24(32-26)31-25-19-27(30-20-29-25)37-23-16-14-22(15-17-23)36-21-9-5-4-6-10-21/h4-17,19-20H,18H2,1-3H3,(H,29,30,31,32)/b13-8+. The van der Waals surface area contributed by atoms with E-state index in [1.165, 1.54) is 17.3 Å². The van der Waals surface area contributed by atoms with Gasteiger partial charge in [-0.1, -0.05) is 30.3 Å². The van der Waals surface area contributed by atoms with E-state index in [9.17, 15) is 4.79 Å². The van der Waals surface area contributed by atoms with Crippen LogP contribution in [0.5, 0.6) is 23.1 Å². The van der Waals surface area contributed by atoms with Crippen molar-refractivity contribution in [2.75, 3.05) is 37.9 Å². The van der Waals surface area contributed by atoms with Crippen molar-refractivity contribution in [3.8, 4) is 23.1 Å². The van der Waals surface area contributed by atoms with Crippen LogP contribution in [0, 0.1) is 0 Å². The lowest BCUT2D eigenvalue weighted by atomic mass is 10.3. The van der Waals surface area contributed by atoms with Gasteiger partial charge in [-0.2, -0.15) is 0 Å². The molecular weight excluding hydrogens is 468 g/mol. The van der Waals surface area contributed by atoms with Gasteiger partial charge in [0.25, 0.3) is 5.91 Å². The number of benzene rings is 2. The maximum Gasteiger partial charge on any atom is 0.251 e. The molecule has 0 saturated carbocycles. The maximum atomic E-state index is 12.4. The Kier molecular flexibility index (Phi) is 8.41. The van der Waals surface area contributed by atoms with Crippen LogP contribution in [0.15, 0.2) is 97.3 Å². The number of carbonyl (C=O) groups is 1. The van der Waals surface area contributed by atoms with Gasteiger partial charge in [-0.25, -0.2) is 15.0 Å². The molecule has 0 atom stereocenters. The Morgan fingerprint density at radius 2 is 1.54 bits per heavy atom. The molecule has 0 unspecified atom stereocenters. The Hall–Kier alpha value is -4.76. The molecule has 0 aliphatic rings. The molecule has 0 spiro atoms. The largest absolute Gasteiger partial charge is 0.457 e. The number of carbonyl (C=O) groups excluding carboxylic acids is 1. The van der Waals surface area contributed by atoms with E-state index in [2.05, 4.69) is 20.3 Å². The molecule has 2 heterocycles. The van der Waals surface area contributed by atoms with Gasteiger partial charge >= 0.3 is 0 Å². The molecule has 0 saturated heterocycles. The molecule has 0 aliphatic heterocycles. The minimum atomic E-state index is -0.163. The SMILES string of the molecule is CN(C)C/C=C/C(=O)N(C)c1cccc(Nc2cc(Oc3ccc(Oc4ccccc4)cc3)ncn2)n1. The monoisotopic (exact) mass is 496 g/mol. The molecule has 37 heavy (non-hydrogen) atoms. The minimum absolute atomic E-state index is 0.163. The van der Waals surface area contributed by atoms with E-state index in [4.69, 9.17) is 9.47 Å². The summed E-state index contributed by atoms with van der Waals surface area (Å²) in [5.41, 5.74) is 0. The Morgan fingerprint density at radius 3 is 2.27 bits per heavy atom. The molecule has 188 valence electrons. The van der Waals surface area contributed by atoms with Crippen molar-refractivity contribution in [3.63, 3.8) is 0 Å². The molecule has 4 aromatic rings. The number of hydrogen-bond donors (Lipinski definition) is 1. The first kappa shape index (κ1) is 25.3. The van der Waals surface area contributed by atoms with Gasteiger partial charge in [0.2, 0.25) is 5.88 Å². The molecule has 4 rings (SSSR count). The summed E-state index contributed by atoms with van der Waals surface area (Å²) >= 11 is 0. The number of para-hydroxylation sites is 1. The van der Waals surface area contributed by atoms with Crippen LogP contribution < -0.4 is 19.7 Å². The van der Waals surface area contributed by atoms with Gasteiger partial charge in [0.05, 0.1) is 0 Å². The topological polar surface area (TPSA) is 92.7 Å². The molecule has 0 bridgehead atoms. The summed E-state index contributed by atoms with van der Waals surface area (Å²) in [7, 11) is 5.56. The summed E-state index contributed by atoms with van der Waals surface area (Å²) in [5, 5.41) is 3.13. The van der Waals surface area contributed by atoms with Crippen LogP contribution in [0.4, 0.5) is 17.5 Å². The van der Waals surface area contributed by atoms with Crippen molar-refractivity contribution in [3.05, 3.63) is 97.3 Å². The highest BCUT2D eigenvalue weighted by molar-refractivity contribution is 6.00. The summed E-state index contributed by atoms with van der Waals surface area (Å²) in [6, 6.07) is 23.9. The van der Waals surface area contributed by atoms with Gasteiger partial charge in [-0.3, -0.25) is 9.69 Å². The summed E-state index contributed by atoms with van der Waals surface area (Å²) in [4.78, 5) is 28.9. The zero-order valence-corrected chi connectivity index (χ0v) is 20.9. The van der Waals surface area contributed by atoms with Crippen molar-refractivity contribution >= 4 is 23.4 Å². The van der Waals surface area contributed by atoms with Crippen LogP contribution in [-0.4, -0.2) is 53.4 Å². The number of aromatic nitrogens is 3. The number of amides is 1. The van der Waals surface area contributed by atoms with Crippen LogP contribution >= 0.6 is 0 Å². The molecule has 0 fully saturated rings. The molecule has 9 heteroatoms.